The topological polar surface area (TPSA) is 107 Å². The van der Waals surface area contributed by atoms with Gasteiger partial charge in [0, 0.05) is 70.1 Å². The summed E-state index contributed by atoms with van der Waals surface area (Å²) >= 11 is 0. The van der Waals surface area contributed by atoms with E-state index in [1.54, 1.807) is 30.9 Å². The van der Waals surface area contributed by atoms with Gasteiger partial charge in [-0.15, -0.1) is 0 Å². The lowest BCUT2D eigenvalue weighted by Gasteiger charge is -2.39. The maximum Gasteiger partial charge on any atom is 0.241 e. The molecule has 3 fully saturated rings. The highest BCUT2D eigenvalue weighted by atomic mass is 16.2. The Labute approximate surface area is 193 Å². The molecular formula is C23H30N8O2. The lowest BCUT2D eigenvalue weighted by Crippen LogP contribution is -2.54. The Morgan fingerprint density at radius 3 is 2.39 bits per heavy atom. The molecule has 3 aliphatic heterocycles. The molecule has 3 atom stereocenters. The molecule has 0 saturated carbocycles. The van der Waals surface area contributed by atoms with Crippen molar-refractivity contribution in [3.63, 3.8) is 0 Å². The molecule has 0 radical (unpaired) electrons. The number of rotatable bonds is 4. The third-order valence-electron chi connectivity index (χ3n) is 6.82. The summed E-state index contributed by atoms with van der Waals surface area (Å²) in [7, 11) is 0. The van der Waals surface area contributed by atoms with Crippen molar-refractivity contribution in [2.45, 2.75) is 31.3 Å². The second kappa shape index (κ2) is 9.80. The van der Waals surface area contributed by atoms with Crippen LogP contribution in [0.2, 0.25) is 0 Å². The molecule has 2 aromatic heterocycles. The van der Waals surface area contributed by atoms with Crippen LogP contribution in [0.5, 0.6) is 0 Å². The lowest BCUT2D eigenvalue weighted by atomic mass is 9.95. The number of nitrogens with zero attached hydrogens (tertiary/aromatic N) is 6. The molecule has 3 unspecified atom stereocenters. The smallest absolute Gasteiger partial charge is 0.241 e. The van der Waals surface area contributed by atoms with Gasteiger partial charge in [-0.05, 0) is 43.0 Å². The first-order valence-electron chi connectivity index (χ1n) is 11.7. The molecule has 174 valence electrons. The zero-order chi connectivity index (χ0) is 22.6. The molecule has 3 aliphatic rings. The zero-order valence-electron chi connectivity index (χ0n) is 18.6. The highest BCUT2D eigenvalue weighted by molar-refractivity contribution is 5.84. The largest absolute Gasteiger partial charge is 0.341 e. The van der Waals surface area contributed by atoms with Gasteiger partial charge in [0.05, 0.1) is 5.92 Å². The summed E-state index contributed by atoms with van der Waals surface area (Å²) in [4.78, 5) is 45.0. The van der Waals surface area contributed by atoms with E-state index in [4.69, 9.17) is 0 Å². The van der Waals surface area contributed by atoms with Crippen LogP contribution in [0.4, 0.5) is 5.95 Å². The van der Waals surface area contributed by atoms with Gasteiger partial charge in [0.25, 0.3) is 0 Å². The average molecular weight is 451 g/mol. The summed E-state index contributed by atoms with van der Waals surface area (Å²) in [5.41, 5.74) is 7.50. The summed E-state index contributed by atoms with van der Waals surface area (Å²) in [5.74, 6) is 0.810. The molecule has 5 rings (SSSR count). The molecule has 10 nitrogen and oxygen atoms in total. The number of aromatic nitrogens is 3. The normalized spacial score (nSPS) is 25.8. The molecule has 33 heavy (non-hydrogen) atoms. The van der Waals surface area contributed by atoms with E-state index in [0.717, 1.165) is 31.5 Å². The molecule has 3 saturated heterocycles. The van der Waals surface area contributed by atoms with Crippen molar-refractivity contribution in [3.05, 3.63) is 48.5 Å². The number of piperazine rings is 1. The number of piperidine rings is 1. The predicted molar refractivity (Wildman–Crippen MR) is 122 cm³/mol. The van der Waals surface area contributed by atoms with Crippen LogP contribution in [0, 0.1) is 5.92 Å². The van der Waals surface area contributed by atoms with Crippen LogP contribution in [-0.4, -0.2) is 81.9 Å². The third kappa shape index (κ3) is 4.81. The number of carbonyl (C=O) groups is 2. The van der Waals surface area contributed by atoms with Crippen molar-refractivity contribution in [1.82, 2.24) is 35.6 Å². The average Bonchev–Trinajstić information content (AvgIpc) is 3.39. The molecule has 0 bridgehead atoms. The van der Waals surface area contributed by atoms with Gasteiger partial charge < -0.3 is 14.7 Å². The molecule has 10 heteroatoms. The first-order chi connectivity index (χ1) is 16.2. The second-order valence-corrected chi connectivity index (χ2v) is 8.89. The molecule has 0 aromatic carbocycles. The lowest BCUT2D eigenvalue weighted by molar-refractivity contribution is -0.142. The van der Waals surface area contributed by atoms with Crippen molar-refractivity contribution in [2.24, 2.45) is 5.92 Å². The van der Waals surface area contributed by atoms with Crippen LogP contribution in [0.3, 0.4) is 0 Å². The van der Waals surface area contributed by atoms with E-state index in [9.17, 15) is 9.59 Å². The van der Waals surface area contributed by atoms with Crippen LogP contribution in [-0.2, 0) is 9.59 Å². The Morgan fingerprint density at radius 2 is 1.64 bits per heavy atom. The number of hydrogen-bond acceptors (Lipinski definition) is 8. The number of nitrogens with one attached hydrogen (secondary N) is 2. The summed E-state index contributed by atoms with van der Waals surface area (Å²) in [6, 6.07) is 5.52. The Hall–Kier alpha value is -3.11. The van der Waals surface area contributed by atoms with E-state index in [2.05, 4.69) is 30.7 Å². The number of likely N-dealkylation sites (tertiary alicyclic amines) is 1. The monoisotopic (exact) mass is 450 g/mol. The Morgan fingerprint density at radius 1 is 0.879 bits per heavy atom. The van der Waals surface area contributed by atoms with E-state index in [1.165, 1.54) is 0 Å². The van der Waals surface area contributed by atoms with Gasteiger partial charge >= 0.3 is 0 Å². The van der Waals surface area contributed by atoms with Crippen molar-refractivity contribution in [3.8, 4) is 0 Å². The van der Waals surface area contributed by atoms with Crippen molar-refractivity contribution < 1.29 is 9.59 Å². The molecule has 2 N–H and O–H groups in total. The van der Waals surface area contributed by atoms with Crippen molar-refractivity contribution >= 4 is 17.8 Å². The first-order valence-corrected chi connectivity index (χ1v) is 11.7. The Bertz CT molecular complexity index is 951. The summed E-state index contributed by atoms with van der Waals surface area (Å²) in [6.07, 6.45) is 9.37. The third-order valence-corrected chi connectivity index (χ3v) is 6.82. The SMILES string of the molecule is O=C(C1CCCN(C(=O)C2CC(c3ccncc3)NN2)C1)N1CCN(c2ncccn2)CC1. The zero-order valence-corrected chi connectivity index (χ0v) is 18.6. The number of hydrogen-bond donors (Lipinski definition) is 2. The number of anilines is 1. The van der Waals surface area contributed by atoms with Gasteiger partial charge in [0.1, 0.15) is 6.04 Å². The molecule has 0 aliphatic carbocycles. The minimum atomic E-state index is -0.286. The highest BCUT2D eigenvalue weighted by Crippen LogP contribution is 2.25. The number of hydrazine groups is 1. The Kier molecular flexibility index (Phi) is 6.45. The van der Waals surface area contributed by atoms with Gasteiger partial charge in [-0.1, -0.05) is 0 Å². The van der Waals surface area contributed by atoms with Gasteiger partial charge in [0.15, 0.2) is 0 Å². The maximum atomic E-state index is 13.2. The standard InChI is InChI=1S/C23H30N8O2/c32-21(29-11-13-30(14-12-29)23-25-6-2-7-26-23)18-3-1-10-31(16-18)22(33)20-15-19(27-28-20)17-4-8-24-9-5-17/h2,4-9,18-20,27-28H,1,3,10-16H2. The number of amides is 2. The fraction of sp³-hybridized carbons (Fsp3) is 0.522. The van der Waals surface area contributed by atoms with E-state index in [1.807, 2.05) is 21.9 Å². The van der Waals surface area contributed by atoms with Gasteiger partial charge in [0.2, 0.25) is 17.8 Å². The molecule has 0 spiro atoms. The first kappa shape index (κ1) is 21.7. The quantitative estimate of drug-likeness (QED) is 0.688. The van der Waals surface area contributed by atoms with Crippen molar-refractivity contribution in [2.75, 3.05) is 44.2 Å². The fourth-order valence-electron chi connectivity index (χ4n) is 4.97. The minimum Gasteiger partial charge on any atom is -0.341 e. The van der Waals surface area contributed by atoms with Gasteiger partial charge in [-0.2, -0.15) is 0 Å². The van der Waals surface area contributed by atoms with E-state index < -0.39 is 0 Å². The van der Waals surface area contributed by atoms with E-state index in [0.29, 0.717) is 38.5 Å². The number of carbonyl (C=O) groups excluding carboxylic acids is 2. The van der Waals surface area contributed by atoms with Crippen LogP contribution in [0.15, 0.2) is 43.0 Å². The molecule has 2 amide bonds. The van der Waals surface area contributed by atoms with Crippen molar-refractivity contribution in [1.29, 1.82) is 0 Å². The second-order valence-electron chi connectivity index (χ2n) is 8.89. The highest BCUT2D eigenvalue weighted by Gasteiger charge is 2.37. The number of pyridine rings is 1. The van der Waals surface area contributed by atoms with Crippen LogP contribution in [0.1, 0.15) is 30.9 Å². The summed E-state index contributed by atoms with van der Waals surface area (Å²) < 4.78 is 0. The summed E-state index contributed by atoms with van der Waals surface area (Å²) in [6.45, 7) is 3.96. The maximum absolute atomic E-state index is 13.2. The fourth-order valence-corrected chi connectivity index (χ4v) is 4.97. The minimum absolute atomic E-state index is 0.0719. The van der Waals surface area contributed by atoms with Crippen LogP contribution >= 0.6 is 0 Å². The molecule has 5 heterocycles. The van der Waals surface area contributed by atoms with E-state index >= 15 is 0 Å². The molecular weight excluding hydrogens is 420 g/mol. The summed E-state index contributed by atoms with van der Waals surface area (Å²) in [5, 5.41) is 0. The van der Waals surface area contributed by atoms with Crippen LogP contribution < -0.4 is 15.8 Å². The molecule has 2 aromatic rings. The van der Waals surface area contributed by atoms with Crippen LogP contribution in [0.25, 0.3) is 0 Å². The van der Waals surface area contributed by atoms with Gasteiger partial charge in [-0.3, -0.25) is 14.6 Å². The van der Waals surface area contributed by atoms with E-state index in [-0.39, 0.29) is 29.8 Å². The predicted octanol–water partition coefficient (Wildman–Crippen LogP) is 0.367. The Balaban J connectivity index is 1.14. The van der Waals surface area contributed by atoms with Gasteiger partial charge in [-0.25, -0.2) is 20.8 Å².